The monoisotopic (exact) mass is 334 g/mol. The number of pyridine rings is 1. The third-order valence-corrected chi connectivity index (χ3v) is 4.44. The summed E-state index contributed by atoms with van der Waals surface area (Å²) in [5.74, 6) is 2.54. The van der Waals surface area contributed by atoms with Crippen LogP contribution in [0.15, 0.2) is 24.4 Å². The molecule has 0 unspecified atom stereocenters. The molecule has 0 aliphatic carbocycles. The van der Waals surface area contributed by atoms with Crippen LogP contribution in [0.1, 0.15) is 11.5 Å². The topological polar surface area (TPSA) is 86.8 Å². The Balaban J connectivity index is 1.57. The van der Waals surface area contributed by atoms with Crippen LogP contribution in [-0.2, 0) is 7.05 Å². The fraction of sp³-hybridized carbons (Fsp3) is 0.353. The summed E-state index contributed by atoms with van der Waals surface area (Å²) in [6.45, 7) is 5.22. The summed E-state index contributed by atoms with van der Waals surface area (Å²) < 4.78 is 1.78. The maximum Gasteiger partial charge on any atom is 0.163 e. The van der Waals surface area contributed by atoms with Crippen molar-refractivity contribution in [3.05, 3.63) is 35.9 Å². The summed E-state index contributed by atoms with van der Waals surface area (Å²) in [5, 5.41) is 14.3. The molecule has 0 amide bonds. The molecule has 0 spiro atoms. The Hall–Kier alpha value is -3.21. The Bertz CT molecular complexity index is 962. The molecule has 126 valence electrons. The standard InChI is InChI=1S/C17H18N8/c1-12-20-16-14(11-19-23(16)2)17(21-12)25-8-6-24(7-9-25)15-5-3-4-13(10-18)22-15/h3-5,11H,6-9H2,1-2H3. The number of hydrogen-bond acceptors (Lipinski definition) is 7. The van der Waals surface area contributed by atoms with Crippen molar-refractivity contribution in [1.82, 2.24) is 24.7 Å². The number of anilines is 2. The van der Waals surface area contributed by atoms with Gasteiger partial charge in [0.1, 0.15) is 29.2 Å². The molecule has 0 radical (unpaired) electrons. The van der Waals surface area contributed by atoms with Crippen molar-refractivity contribution >= 4 is 22.7 Å². The van der Waals surface area contributed by atoms with E-state index in [1.807, 2.05) is 32.3 Å². The van der Waals surface area contributed by atoms with Crippen molar-refractivity contribution < 1.29 is 0 Å². The minimum atomic E-state index is 0.448. The second kappa shape index (κ2) is 6.02. The van der Waals surface area contributed by atoms with Crippen molar-refractivity contribution in [2.75, 3.05) is 36.0 Å². The molecule has 25 heavy (non-hydrogen) atoms. The molecule has 8 heteroatoms. The van der Waals surface area contributed by atoms with Crippen LogP contribution in [0.4, 0.5) is 11.6 Å². The highest BCUT2D eigenvalue weighted by Gasteiger charge is 2.22. The number of aryl methyl sites for hydroxylation is 2. The van der Waals surface area contributed by atoms with E-state index in [2.05, 4.69) is 35.9 Å². The fourth-order valence-corrected chi connectivity index (χ4v) is 3.16. The van der Waals surface area contributed by atoms with E-state index in [-0.39, 0.29) is 0 Å². The Labute approximate surface area is 145 Å². The molecule has 3 aromatic rings. The maximum absolute atomic E-state index is 9.02. The molecule has 4 rings (SSSR count). The SMILES string of the molecule is Cc1nc(N2CCN(c3cccc(C#N)n3)CC2)c2cnn(C)c2n1. The number of hydrogen-bond donors (Lipinski definition) is 0. The predicted molar refractivity (Wildman–Crippen MR) is 94.4 cm³/mol. The Morgan fingerprint density at radius 3 is 2.56 bits per heavy atom. The quantitative estimate of drug-likeness (QED) is 0.697. The smallest absolute Gasteiger partial charge is 0.163 e. The number of nitrogens with zero attached hydrogens (tertiary/aromatic N) is 8. The van der Waals surface area contributed by atoms with Gasteiger partial charge in [0.05, 0.1) is 11.6 Å². The fourth-order valence-electron chi connectivity index (χ4n) is 3.16. The third-order valence-electron chi connectivity index (χ3n) is 4.44. The first-order chi connectivity index (χ1) is 12.2. The average Bonchev–Trinajstić information content (AvgIpc) is 3.02. The van der Waals surface area contributed by atoms with E-state index in [1.54, 1.807) is 10.7 Å². The molecule has 0 bridgehead atoms. The molecular weight excluding hydrogens is 316 g/mol. The van der Waals surface area contributed by atoms with Gasteiger partial charge in [0.25, 0.3) is 0 Å². The Kier molecular flexibility index (Phi) is 3.69. The van der Waals surface area contributed by atoms with Gasteiger partial charge < -0.3 is 9.80 Å². The predicted octanol–water partition coefficient (Wildman–Crippen LogP) is 1.26. The van der Waals surface area contributed by atoms with Gasteiger partial charge >= 0.3 is 0 Å². The summed E-state index contributed by atoms with van der Waals surface area (Å²) in [5.41, 5.74) is 1.30. The molecule has 1 saturated heterocycles. The van der Waals surface area contributed by atoms with Gasteiger partial charge in [-0.15, -0.1) is 0 Å². The van der Waals surface area contributed by atoms with E-state index in [0.717, 1.165) is 54.7 Å². The lowest BCUT2D eigenvalue weighted by Gasteiger charge is -2.36. The van der Waals surface area contributed by atoms with Gasteiger partial charge in [0.15, 0.2) is 5.65 Å². The molecule has 0 aromatic carbocycles. The zero-order valence-corrected chi connectivity index (χ0v) is 14.2. The summed E-state index contributed by atoms with van der Waals surface area (Å²) in [6.07, 6.45) is 1.83. The minimum Gasteiger partial charge on any atom is -0.353 e. The Morgan fingerprint density at radius 2 is 1.80 bits per heavy atom. The zero-order chi connectivity index (χ0) is 17.4. The Morgan fingerprint density at radius 1 is 1.04 bits per heavy atom. The molecule has 0 saturated carbocycles. The molecular formula is C17H18N8. The number of fused-ring (bicyclic) bond motifs is 1. The first kappa shape index (κ1) is 15.3. The van der Waals surface area contributed by atoms with Crippen molar-refractivity contribution in [3.63, 3.8) is 0 Å². The second-order valence-electron chi connectivity index (χ2n) is 6.07. The van der Waals surface area contributed by atoms with Gasteiger partial charge in [-0.25, -0.2) is 15.0 Å². The molecule has 3 aromatic heterocycles. The normalized spacial score (nSPS) is 14.8. The highest BCUT2D eigenvalue weighted by atomic mass is 15.3. The van der Waals surface area contributed by atoms with Gasteiger partial charge in [-0.1, -0.05) is 6.07 Å². The molecule has 4 heterocycles. The van der Waals surface area contributed by atoms with E-state index in [1.165, 1.54) is 0 Å². The van der Waals surface area contributed by atoms with E-state index in [4.69, 9.17) is 5.26 Å². The van der Waals surface area contributed by atoms with E-state index in [0.29, 0.717) is 5.69 Å². The lowest BCUT2D eigenvalue weighted by molar-refractivity contribution is 0.642. The minimum absolute atomic E-state index is 0.448. The van der Waals surface area contributed by atoms with Crippen molar-refractivity contribution in [2.45, 2.75) is 6.92 Å². The van der Waals surface area contributed by atoms with Crippen molar-refractivity contribution in [3.8, 4) is 6.07 Å². The van der Waals surface area contributed by atoms with Crippen molar-refractivity contribution in [2.24, 2.45) is 7.05 Å². The van der Waals surface area contributed by atoms with Gasteiger partial charge in [-0.3, -0.25) is 4.68 Å². The number of piperazine rings is 1. The second-order valence-corrected chi connectivity index (χ2v) is 6.07. The lowest BCUT2D eigenvalue weighted by Crippen LogP contribution is -2.47. The zero-order valence-electron chi connectivity index (χ0n) is 14.2. The maximum atomic E-state index is 9.02. The van der Waals surface area contributed by atoms with Crippen LogP contribution in [0.5, 0.6) is 0 Å². The van der Waals surface area contributed by atoms with Gasteiger partial charge in [0.2, 0.25) is 0 Å². The highest BCUT2D eigenvalue weighted by Crippen LogP contribution is 2.25. The number of rotatable bonds is 2. The first-order valence-electron chi connectivity index (χ1n) is 8.19. The van der Waals surface area contributed by atoms with Crippen LogP contribution in [0, 0.1) is 18.3 Å². The number of aromatic nitrogens is 5. The summed E-state index contributed by atoms with van der Waals surface area (Å²) in [7, 11) is 1.89. The first-order valence-corrected chi connectivity index (χ1v) is 8.19. The molecule has 1 aliphatic rings. The van der Waals surface area contributed by atoms with Gasteiger partial charge in [0, 0.05) is 33.2 Å². The molecule has 0 atom stereocenters. The van der Waals surface area contributed by atoms with E-state index in [9.17, 15) is 0 Å². The van der Waals surface area contributed by atoms with Gasteiger partial charge in [-0.05, 0) is 19.1 Å². The van der Waals surface area contributed by atoms with Crippen LogP contribution in [0.25, 0.3) is 11.0 Å². The summed E-state index contributed by atoms with van der Waals surface area (Å²) in [6, 6.07) is 7.64. The highest BCUT2D eigenvalue weighted by molar-refractivity contribution is 5.87. The molecule has 0 N–H and O–H groups in total. The van der Waals surface area contributed by atoms with Crippen LogP contribution in [0.2, 0.25) is 0 Å². The molecule has 8 nitrogen and oxygen atoms in total. The van der Waals surface area contributed by atoms with Gasteiger partial charge in [-0.2, -0.15) is 10.4 Å². The molecule has 1 fully saturated rings. The van der Waals surface area contributed by atoms with E-state index < -0.39 is 0 Å². The van der Waals surface area contributed by atoms with Crippen LogP contribution in [-0.4, -0.2) is 50.9 Å². The average molecular weight is 334 g/mol. The van der Waals surface area contributed by atoms with Crippen LogP contribution in [0.3, 0.4) is 0 Å². The lowest BCUT2D eigenvalue weighted by atomic mass is 10.2. The van der Waals surface area contributed by atoms with E-state index >= 15 is 0 Å². The van der Waals surface area contributed by atoms with Crippen molar-refractivity contribution in [1.29, 1.82) is 5.26 Å². The van der Waals surface area contributed by atoms with Crippen LogP contribution >= 0.6 is 0 Å². The largest absolute Gasteiger partial charge is 0.353 e. The number of nitriles is 1. The third kappa shape index (κ3) is 2.74. The summed E-state index contributed by atoms with van der Waals surface area (Å²) >= 11 is 0. The van der Waals surface area contributed by atoms with Crippen LogP contribution < -0.4 is 9.80 Å². The summed E-state index contributed by atoms with van der Waals surface area (Å²) in [4.78, 5) is 18.0. The molecule has 1 aliphatic heterocycles.